The molecule has 0 radical (unpaired) electrons. The Kier molecular flexibility index (Phi) is 31.2. The van der Waals surface area contributed by atoms with Crippen LogP contribution in [0.25, 0.3) is 10.8 Å². The molecule has 1 aliphatic heterocycles. The number of fused-ring (bicyclic) bond motifs is 3. The summed E-state index contributed by atoms with van der Waals surface area (Å²) in [7, 11) is 0.873. The number of sulfonamides is 1. The van der Waals surface area contributed by atoms with E-state index in [2.05, 4.69) is 69.9 Å². The molecule has 614 valence electrons. The molecule has 112 heavy (non-hydrogen) atoms. The second kappa shape index (κ2) is 39.3. The van der Waals surface area contributed by atoms with Crippen molar-refractivity contribution in [1.82, 2.24) is 31.3 Å². The van der Waals surface area contributed by atoms with Crippen LogP contribution in [0.2, 0.25) is 0 Å². The summed E-state index contributed by atoms with van der Waals surface area (Å²) >= 11 is 0. The van der Waals surface area contributed by atoms with Crippen LogP contribution in [0.3, 0.4) is 0 Å². The number of carbonyl (C=O) groups excluding carboxylic acids is 6. The van der Waals surface area contributed by atoms with Crippen molar-refractivity contribution in [3.05, 3.63) is 137 Å². The number of aromatic hydroxyl groups is 1. The number of nitrogens with one attached hydrogen (secondary N) is 6. The molecule has 1 heterocycles. The number of hydrogen-bond acceptors (Lipinski definition) is 23. The maximum Gasteiger partial charge on any atom is 0.305 e. The van der Waals surface area contributed by atoms with Gasteiger partial charge in [0.1, 0.15) is 67.0 Å². The molecule has 0 aromatic heterocycles. The van der Waals surface area contributed by atoms with Gasteiger partial charge in [-0.3, -0.25) is 33.6 Å². The molecular weight excluding hydrogens is 1470 g/mol. The minimum Gasteiger partial charge on any atom is -0.508 e. The van der Waals surface area contributed by atoms with E-state index in [-0.39, 0.29) is 60.6 Å². The number of hydrogen-bond donors (Lipinski definition) is 14. The summed E-state index contributed by atoms with van der Waals surface area (Å²) in [5.41, 5.74) is 8.85. The highest BCUT2D eigenvalue weighted by atomic mass is 32.2. The van der Waals surface area contributed by atoms with Crippen LogP contribution in [-0.4, -0.2) is 231 Å². The van der Waals surface area contributed by atoms with E-state index in [0.29, 0.717) is 40.5 Å². The number of benzene rings is 4. The maximum atomic E-state index is 14.5. The summed E-state index contributed by atoms with van der Waals surface area (Å²) in [4.78, 5) is 102. The Morgan fingerprint density at radius 1 is 0.804 bits per heavy atom. The lowest BCUT2D eigenvalue weighted by atomic mass is 9.68. The van der Waals surface area contributed by atoms with Crippen LogP contribution < -0.4 is 41.9 Å². The van der Waals surface area contributed by atoms with Gasteiger partial charge in [-0.2, -0.15) is 0 Å². The van der Waals surface area contributed by atoms with Gasteiger partial charge in [0.25, 0.3) is 0 Å². The first-order valence-electron chi connectivity index (χ1n) is 37.6. The maximum absolute atomic E-state index is 14.5. The first-order chi connectivity index (χ1) is 52.9. The normalized spacial score (nSPS) is 25.1. The summed E-state index contributed by atoms with van der Waals surface area (Å²) in [5, 5.41) is 95.0. The fraction of sp³-hybridized carbons (Fsp3) is 0.550. The highest BCUT2D eigenvalue weighted by molar-refractivity contribution is 7.89. The zero-order chi connectivity index (χ0) is 82.3. The van der Waals surface area contributed by atoms with E-state index < -0.39 is 180 Å². The van der Waals surface area contributed by atoms with E-state index in [1.807, 2.05) is 19.1 Å². The minimum atomic E-state index is -4.37. The lowest BCUT2D eigenvalue weighted by Gasteiger charge is -2.47. The predicted molar refractivity (Wildman–Crippen MR) is 414 cm³/mol. The first kappa shape index (κ1) is 88.8. The second-order valence-electron chi connectivity index (χ2n) is 30.8. The van der Waals surface area contributed by atoms with Crippen molar-refractivity contribution >= 4 is 74.1 Å². The number of aliphatic carboxylic acids is 1. The largest absolute Gasteiger partial charge is 0.508 e. The first-order valence-corrected chi connectivity index (χ1v) is 39.1. The molecule has 8 rings (SSSR count). The third-order valence-electron chi connectivity index (χ3n) is 21.5. The molecule has 2 fully saturated rings. The number of oxime groups is 1. The van der Waals surface area contributed by atoms with E-state index in [1.165, 1.54) is 36.5 Å². The average Bonchev–Trinajstić information content (AvgIpc) is 1.56. The van der Waals surface area contributed by atoms with Gasteiger partial charge in [0, 0.05) is 67.4 Å². The molecule has 6 amide bonds. The second-order valence-corrected chi connectivity index (χ2v) is 32.5. The topological polar surface area (TPSA) is 464 Å². The molecule has 15 N–H and O–H groups in total. The van der Waals surface area contributed by atoms with Gasteiger partial charge in [-0.1, -0.05) is 124 Å². The van der Waals surface area contributed by atoms with Crippen molar-refractivity contribution in [3.8, 4) is 5.75 Å². The van der Waals surface area contributed by atoms with Crippen molar-refractivity contribution in [2.24, 2.45) is 45.9 Å². The SMILES string of the molecule is C=CC(C)(C)OC[C@H]1O[C@H](O[C@@H]2C3=C(C(C)C)C[C@H](OCc4ccccc4/C=N\OC[C@@H](NC(=O)[C@H](CC(=O)O)NC(=O)[C@H](Cc4ccc(O)cc4)NC(=O)[C@H](CO)NC(=O)[C@H](CCC(N)=O)NC(=O)CNS(=O)(=O)c4cccc5c(N(C)C)cccc45)C(C)C)[C@]3(C)/C=C3/[C@@H](COC)CC[C@H]3[C@@H](C)[C@H]2O)[C@H](O)[C@@H](O)[C@@H]1O. The van der Waals surface area contributed by atoms with E-state index in [1.54, 1.807) is 102 Å². The van der Waals surface area contributed by atoms with E-state index in [9.17, 15) is 77.7 Å². The van der Waals surface area contributed by atoms with Crippen LogP contribution in [0.1, 0.15) is 111 Å². The van der Waals surface area contributed by atoms with Gasteiger partial charge in [0.15, 0.2) is 6.29 Å². The number of methoxy groups -OCH3 is 1. The average molecular weight is 1580 g/mol. The Morgan fingerprint density at radius 2 is 1.46 bits per heavy atom. The molecule has 0 bridgehead atoms. The highest BCUT2D eigenvalue weighted by Crippen LogP contribution is 2.57. The zero-order valence-corrected chi connectivity index (χ0v) is 66.1. The van der Waals surface area contributed by atoms with Gasteiger partial charge in [-0.15, -0.1) is 6.58 Å². The number of primary amides is 1. The summed E-state index contributed by atoms with van der Waals surface area (Å²) in [5.74, 6) is -8.86. The third-order valence-corrected chi connectivity index (χ3v) is 22.9. The van der Waals surface area contributed by atoms with Gasteiger partial charge < -0.3 is 101 Å². The van der Waals surface area contributed by atoms with Gasteiger partial charge in [-0.25, -0.2) is 13.1 Å². The van der Waals surface area contributed by atoms with Crippen molar-refractivity contribution in [2.75, 3.05) is 59.1 Å². The molecule has 0 spiro atoms. The summed E-state index contributed by atoms with van der Waals surface area (Å²) in [6.07, 6.45) is -5.30. The van der Waals surface area contributed by atoms with Gasteiger partial charge in [-0.05, 0) is 111 Å². The molecule has 4 aromatic rings. The quantitative estimate of drug-likeness (QED) is 0.0173. The third kappa shape index (κ3) is 22.4. The lowest BCUT2D eigenvalue weighted by molar-refractivity contribution is -0.319. The molecule has 32 heteroatoms. The Morgan fingerprint density at radius 3 is 2.11 bits per heavy atom. The number of carbonyl (C=O) groups is 7. The Labute approximate surface area is 653 Å². The number of nitrogens with two attached hydrogens (primary N) is 1. The van der Waals surface area contributed by atoms with E-state index in [4.69, 9.17) is 34.3 Å². The molecule has 1 saturated heterocycles. The van der Waals surface area contributed by atoms with Crippen LogP contribution in [-0.2, 0) is 85.1 Å². The fourth-order valence-corrected chi connectivity index (χ4v) is 16.0. The molecule has 17 atom stereocenters. The number of nitrogens with zero attached hydrogens (tertiary/aromatic N) is 2. The summed E-state index contributed by atoms with van der Waals surface area (Å²) in [6.45, 7) is 17.1. The fourth-order valence-electron chi connectivity index (χ4n) is 14.8. The summed E-state index contributed by atoms with van der Waals surface area (Å²) in [6, 6.07) is 14.6. The molecule has 4 aliphatic rings. The van der Waals surface area contributed by atoms with Gasteiger partial charge in [0.2, 0.25) is 45.5 Å². The van der Waals surface area contributed by atoms with Crippen molar-refractivity contribution in [2.45, 2.75) is 197 Å². The Bertz CT molecular complexity index is 4190. The van der Waals surface area contributed by atoms with Crippen LogP contribution in [0.4, 0.5) is 5.69 Å². The van der Waals surface area contributed by atoms with Gasteiger partial charge >= 0.3 is 5.97 Å². The molecule has 3 aliphatic carbocycles. The lowest BCUT2D eigenvalue weighted by Crippen LogP contribution is -2.61. The van der Waals surface area contributed by atoms with E-state index >= 15 is 0 Å². The van der Waals surface area contributed by atoms with Gasteiger partial charge in [0.05, 0.1) is 74.4 Å². The number of aliphatic hydroxyl groups is 5. The van der Waals surface area contributed by atoms with Crippen LogP contribution in [0.15, 0.2) is 130 Å². The molecule has 4 aromatic carbocycles. The molecular formula is C80H111N9O22S. The number of anilines is 1. The number of carboxylic acids is 1. The minimum absolute atomic E-state index is 0.0469. The number of amides is 6. The number of phenols is 1. The van der Waals surface area contributed by atoms with Crippen molar-refractivity contribution in [3.63, 3.8) is 0 Å². The molecule has 1 saturated carbocycles. The number of phenolic OH excluding ortho intramolecular Hbond substituents is 1. The van der Waals surface area contributed by atoms with Crippen LogP contribution in [0, 0.1) is 35.0 Å². The number of ether oxygens (including phenoxy) is 5. The predicted octanol–water partition coefficient (Wildman–Crippen LogP) is 3.03. The van der Waals surface area contributed by atoms with Crippen LogP contribution >= 0.6 is 0 Å². The highest BCUT2D eigenvalue weighted by Gasteiger charge is 2.56. The standard InChI is InChI=1S/C80H111N9O22S/c1-13-79(7,8)108-42-62-70(97)71(98)72(99)78(110-62)111-73-68-54(43(2)3)33-64(80(68,9)35-55-49(39-106-12)26-29-51(55)45(6)69(73)96)107-40-48-19-15-14-18-47(48)36-82-109-41-60(44(4)5)88-76(102)58(34-67(94)95)86-75(101)57(32-46-24-27-50(91)28-25-46)85-77(103)59(38-90)87-74(100)56(30-31-65(81)92)84-66(93)37-83-112(104,105)63-23-17-20-52-53(63)21-16-22-61(52)89(10)11/h13-25,27-28,35-36,43-45,49,51,56-60,62,64,69-73,78,83,90-91,96-99H,1,26,29-34,37-42H2,2-12H3,(H2,81,92)(H,84,93)(H,85,103)(H,86,101)(H,87,100)(H,88,102)(H,94,95)/b55-35-,82-36-/t45-,49-,51+,56+,57+,58+,59+,60-,62-,64+,69-,70-,71+,72-,73-,78-,80+/m1/s1. The monoisotopic (exact) mass is 1580 g/mol. The number of aliphatic hydroxyl groups excluding tert-OH is 5. The smallest absolute Gasteiger partial charge is 0.305 e. The molecule has 0 unspecified atom stereocenters. The summed E-state index contributed by atoms with van der Waals surface area (Å²) < 4.78 is 61.5. The Hall–Kier alpha value is -8.77. The van der Waals surface area contributed by atoms with Crippen LogP contribution in [0.5, 0.6) is 5.75 Å². The molecule has 31 nitrogen and oxygen atoms in total. The zero-order valence-electron chi connectivity index (χ0n) is 65.2. The van der Waals surface area contributed by atoms with Crippen molar-refractivity contribution < 1.29 is 106 Å². The number of rotatable bonds is 39. The number of carboxylic acid groups (broad SMARTS) is 1. The van der Waals surface area contributed by atoms with E-state index in [0.717, 1.165) is 35.2 Å². The Balaban J connectivity index is 0.943. The van der Waals surface area contributed by atoms with Crippen molar-refractivity contribution in [1.29, 1.82) is 0 Å².